The molecule has 11 heteroatoms. The van der Waals surface area contributed by atoms with E-state index in [1.165, 1.54) is 6.92 Å². The fourth-order valence-corrected chi connectivity index (χ4v) is 2.81. The highest BCUT2D eigenvalue weighted by molar-refractivity contribution is 5.66. The first-order valence-corrected chi connectivity index (χ1v) is 7.82. The van der Waals surface area contributed by atoms with Crippen LogP contribution in [0.25, 0.3) is 0 Å². The van der Waals surface area contributed by atoms with E-state index in [2.05, 4.69) is 0 Å². The third kappa shape index (κ3) is 4.27. The molecule has 2 saturated heterocycles. The fourth-order valence-electron chi connectivity index (χ4n) is 2.81. The molecule has 0 aromatic carbocycles. The highest BCUT2D eigenvalue weighted by Gasteiger charge is 2.51. The molecular weight excluding hydrogens is 344 g/mol. The molecule has 0 spiro atoms. The van der Waals surface area contributed by atoms with Crippen molar-refractivity contribution in [2.75, 3.05) is 6.61 Å². The Labute approximate surface area is 143 Å². The molecule has 2 rings (SSSR count). The number of carbonyl (C=O) groups excluding carboxylic acids is 1. The summed E-state index contributed by atoms with van der Waals surface area (Å²) in [6, 6.07) is 0. The van der Waals surface area contributed by atoms with Gasteiger partial charge < -0.3 is 49.6 Å². The van der Waals surface area contributed by atoms with Gasteiger partial charge in [-0.25, -0.2) is 0 Å². The lowest BCUT2D eigenvalue weighted by molar-refractivity contribution is -0.353. The Kier molecular flexibility index (Phi) is 6.70. The lowest BCUT2D eigenvalue weighted by Crippen LogP contribution is -2.64. The number of hydrogen-bond acceptors (Lipinski definition) is 11. The van der Waals surface area contributed by atoms with Crippen molar-refractivity contribution >= 4 is 5.97 Å². The van der Waals surface area contributed by atoms with E-state index >= 15 is 0 Å². The van der Waals surface area contributed by atoms with Crippen molar-refractivity contribution in [2.45, 2.75) is 75.3 Å². The van der Waals surface area contributed by atoms with Gasteiger partial charge in [0, 0.05) is 6.92 Å². The standard InChI is InChI=1S/C14H24O11/c1-4-7(17)9(19)10(20)14(22-4)25-11-8(18)6(3-15)24-13(21)12(11)23-5(2)16/h4,6-15,17-21H,3H2,1-2H3/t4-,6+,7-,8+,9+,10+,11-,12+,13+,14-/m0/s1. The Bertz CT molecular complexity index is 460. The maximum absolute atomic E-state index is 11.2. The minimum absolute atomic E-state index is 0.656. The molecule has 2 aliphatic rings. The van der Waals surface area contributed by atoms with Gasteiger partial charge in [0.05, 0.1) is 12.7 Å². The fraction of sp³-hybridized carbons (Fsp3) is 0.929. The average molecular weight is 368 g/mol. The van der Waals surface area contributed by atoms with Crippen LogP contribution in [0, 0.1) is 0 Å². The Hall–Kier alpha value is -0.890. The number of aliphatic hydroxyl groups is 6. The van der Waals surface area contributed by atoms with E-state index in [1.807, 2.05) is 0 Å². The van der Waals surface area contributed by atoms with Gasteiger partial charge in [0.2, 0.25) is 0 Å². The van der Waals surface area contributed by atoms with Crippen molar-refractivity contribution < 1.29 is 54.4 Å². The number of ether oxygens (including phenoxy) is 4. The monoisotopic (exact) mass is 368 g/mol. The number of rotatable bonds is 4. The van der Waals surface area contributed by atoms with E-state index in [1.54, 1.807) is 0 Å². The summed E-state index contributed by atoms with van der Waals surface area (Å²) in [5, 5.41) is 59.0. The molecule has 2 heterocycles. The quantitative estimate of drug-likeness (QED) is 0.268. The van der Waals surface area contributed by atoms with Crippen molar-refractivity contribution in [2.24, 2.45) is 0 Å². The van der Waals surface area contributed by atoms with E-state index in [-0.39, 0.29) is 0 Å². The van der Waals surface area contributed by atoms with Crippen LogP contribution in [0.1, 0.15) is 13.8 Å². The molecule has 0 saturated carbocycles. The van der Waals surface area contributed by atoms with E-state index in [9.17, 15) is 35.4 Å². The maximum atomic E-state index is 11.2. The highest BCUT2D eigenvalue weighted by Crippen LogP contribution is 2.29. The zero-order valence-electron chi connectivity index (χ0n) is 13.7. The number of esters is 1. The van der Waals surface area contributed by atoms with Gasteiger partial charge >= 0.3 is 5.97 Å². The predicted molar refractivity (Wildman–Crippen MR) is 76.8 cm³/mol. The molecule has 2 fully saturated rings. The van der Waals surface area contributed by atoms with Gasteiger partial charge in [-0.1, -0.05) is 0 Å². The minimum Gasteiger partial charge on any atom is -0.454 e. The second-order valence-electron chi connectivity index (χ2n) is 6.09. The normalized spacial score (nSPS) is 48.2. The summed E-state index contributed by atoms with van der Waals surface area (Å²) in [6.45, 7) is 1.85. The van der Waals surface area contributed by atoms with Crippen molar-refractivity contribution in [3.05, 3.63) is 0 Å². The molecule has 0 unspecified atom stereocenters. The Morgan fingerprint density at radius 1 is 0.960 bits per heavy atom. The number of carbonyl (C=O) groups is 1. The van der Waals surface area contributed by atoms with Gasteiger partial charge in [0.15, 0.2) is 18.7 Å². The van der Waals surface area contributed by atoms with Gasteiger partial charge in [-0.3, -0.25) is 4.79 Å². The molecule has 25 heavy (non-hydrogen) atoms. The Morgan fingerprint density at radius 2 is 1.60 bits per heavy atom. The lowest BCUT2D eigenvalue weighted by Gasteiger charge is -2.45. The molecule has 11 nitrogen and oxygen atoms in total. The van der Waals surface area contributed by atoms with Crippen LogP contribution in [0.2, 0.25) is 0 Å². The average Bonchev–Trinajstić information content (AvgIpc) is 2.56. The van der Waals surface area contributed by atoms with E-state index in [0.717, 1.165) is 6.92 Å². The van der Waals surface area contributed by atoms with Gasteiger partial charge in [0.1, 0.15) is 36.6 Å². The second kappa shape index (κ2) is 8.20. The first kappa shape index (κ1) is 20.4. The zero-order chi connectivity index (χ0) is 18.9. The number of hydrogen-bond donors (Lipinski definition) is 6. The highest BCUT2D eigenvalue weighted by atomic mass is 16.7. The van der Waals surface area contributed by atoms with Gasteiger partial charge in [0.25, 0.3) is 0 Å². The first-order chi connectivity index (χ1) is 11.7. The van der Waals surface area contributed by atoms with E-state index in [4.69, 9.17) is 18.9 Å². The molecule has 2 aliphatic heterocycles. The summed E-state index contributed by atoms with van der Waals surface area (Å²) in [4.78, 5) is 11.2. The van der Waals surface area contributed by atoms with Crippen LogP contribution in [0.15, 0.2) is 0 Å². The molecule has 146 valence electrons. The molecule has 0 radical (unpaired) electrons. The van der Waals surface area contributed by atoms with Gasteiger partial charge in [-0.2, -0.15) is 0 Å². The maximum Gasteiger partial charge on any atom is 0.303 e. The van der Waals surface area contributed by atoms with Crippen LogP contribution >= 0.6 is 0 Å². The minimum atomic E-state index is -1.71. The van der Waals surface area contributed by atoms with Crippen molar-refractivity contribution in [1.29, 1.82) is 0 Å². The summed E-state index contributed by atoms with van der Waals surface area (Å²) >= 11 is 0. The van der Waals surface area contributed by atoms with Crippen LogP contribution in [0.4, 0.5) is 0 Å². The van der Waals surface area contributed by atoms with Gasteiger partial charge in [-0.15, -0.1) is 0 Å². The molecule has 6 N–H and O–H groups in total. The summed E-state index contributed by atoms with van der Waals surface area (Å²) in [5.41, 5.74) is 0. The molecule has 0 bridgehead atoms. The van der Waals surface area contributed by atoms with Crippen LogP contribution in [-0.2, 0) is 23.7 Å². The van der Waals surface area contributed by atoms with Crippen LogP contribution < -0.4 is 0 Å². The van der Waals surface area contributed by atoms with Crippen molar-refractivity contribution in [3.8, 4) is 0 Å². The van der Waals surface area contributed by atoms with Crippen LogP contribution in [-0.4, -0.2) is 105 Å². The largest absolute Gasteiger partial charge is 0.454 e. The van der Waals surface area contributed by atoms with Crippen LogP contribution in [0.5, 0.6) is 0 Å². The van der Waals surface area contributed by atoms with Crippen LogP contribution in [0.3, 0.4) is 0 Å². The van der Waals surface area contributed by atoms with Crippen molar-refractivity contribution in [3.63, 3.8) is 0 Å². The molecule has 10 atom stereocenters. The molecule has 0 aromatic rings. The topological polar surface area (TPSA) is 175 Å². The summed E-state index contributed by atoms with van der Waals surface area (Å²) in [5.74, 6) is -0.787. The number of aliphatic hydroxyl groups excluding tert-OH is 6. The van der Waals surface area contributed by atoms with E-state index in [0.29, 0.717) is 0 Å². The molecule has 0 amide bonds. The molecule has 0 aliphatic carbocycles. The Balaban J connectivity index is 2.20. The molecule has 0 aromatic heterocycles. The summed E-state index contributed by atoms with van der Waals surface area (Å²) in [6.07, 6.45) is -14.3. The van der Waals surface area contributed by atoms with Gasteiger partial charge in [-0.05, 0) is 6.92 Å². The SMILES string of the molecule is CC(=O)O[C@@H]1[C@@H](O[C@@H]2O[C@@H](C)[C@H](O)[C@@H](O)[C@H]2O)[C@H](O)[C@@H](CO)O[C@H]1O. The van der Waals surface area contributed by atoms with E-state index < -0.39 is 74.0 Å². The third-order valence-corrected chi connectivity index (χ3v) is 4.22. The summed E-state index contributed by atoms with van der Waals surface area (Å²) < 4.78 is 20.6. The summed E-state index contributed by atoms with van der Waals surface area (Å²) in [7, 11) is 0. The second-order valence-corrected chi connectivity index (χ2v) is 6.09. The smallest absolute Gasteiger partial charge is 0.303 e. The Morgan fingerprint density at radius 3 is 2.16 bits per heavy atom. The molecular formula is C14H24O11. The third-order valence-electron chi connectivity index (χ3n) is 4.22. The lowest BCUT2D eigenvalue weighted by atomic mass is 9.97. The first-order valence-electron chi connectivity index (χ1n) is 7.82. The predicted octanol–water partition coefficient (Wildman–Crippen LogP) is -3.80. The zero-order valence-corrected chi connectivity index (χ0v) is 13.7. The van der Waals surface area contributed by atoms with Crippen molar-refractivity contribution in [1.82, 2.24) is 0 Å².